The van der Waals surface area contributed by atoms with E-state index in [1.165, 1.54) is 6.42 Å². The minimum Gasteiger partial charge on any atom is -0.308 e. The highest BCUT2D eigenvalue weighted by molar-refractivity contribution is 7.72. The predicted octanol–water partition coefficient (Wildman–Crippen LogP) is 4.58. The zero-order chi connectivity index (χ0) is 18.9. The van der Waals surface area contributed by atoms with Gasteiger partial charge in [0.05, 0.1) is 26.4 Å². The lowest BCUT2D eigenvalue weighted by Crippen LogP contribution is -2.40. The monoisotopic (exact) mass is 399 g/mol. The van der Waals surface area contributed by atoms with E-state index in [-0.39, 0.29) is 26.4 Å². The number of piperidine rings is 1. The lowest BCUT2D eigenvalue weighted by molar-refractivity contribution is 0.159. The smallest absolute Gasteiger partial charge is 0.308 e. The van der Waals surface area contributed by atoms with Crippen molar-refractivity contribution in [3.63, 3.8) is 0 Å². The summed E-state index contributed by atoms with van der Waals surface area (Å²) in [6, 6.07) is 0. The van der Waals surface area contributed by atoms with Gasteiger partial charge in [-0.2, -0.15) is 0 Å². The molecule has 7 nitrogen and oxygen atoms in total. The summed E-state index contributed by atoms with van der Waals surface area (Å²) >= 11 is 0. The van der Waals surface area contributed by atoms with Crippen LogP contribution in [0.2, 0.25) is 0 Å². The van der Waals surface area contributed by atoms with Crippen molar-refractivity contribution < 1.29 is 27.2 Å². The Labute approximate surface area is 152 Å². The van der Waals surface area contributed by atoms with Gasteiger partial charge in [-0.15, -0.1) is 0 Å². The molecule has 0 aromatic rings. The second-order valence-corrected chi connectivity index (χ2v) is 11.1. The molecule has 0 spiro atoms. The fourth-order valence-corrected chi connectivity index (χ4v) is 8.52. The van der Waals surface area contributed by atoms with Gasteiger partial charge in [0, 0.05) is 13.1 Å². The van der Waals surface area contributed by atoms with E-state index >= 15 is 0 Å². The fourth-order valence-electron chi connectivity index (χ4n) is 3.20. The summed E-state index contributed by atoms with van der Waals surface area (Å²) in [5.41, 5.74) is 0. The molecule has 1 aliphatic rings. The van der Waals surface area contributed by atoms with Crippen LogP contribution in [0.3, 0.4) is 0 Å². The zero-order valence-corrected chi connectivity index (χ0v) is 18.1. The average Bonchev–Trinajstić information content (AvgIpc) is 2.53. The molecule has 0 N–H and O–H groups in total. The summed E-state index contributed by atoms with van der Waals surface area (Å²) in [6.07, 6.45) is 2.24. The van der Waals surface area contributed by atoms with E-state index in [2.05, 4.69) is 11.8 Å². The largest absolute Gasteiger partial charge is 0.347 e. The molecular weight excluding hydrogens is 364 g/mol. The van der Waals surface area contributed by atoms with Gasteiger partial charge in [0.15, 0.2) is 5.40 Å². The zero-order valence-electron chi connectivity index (χ0n) is 16.3. The number of hydrogen-bond acceptors (Lipinski definition) is 7. The SMILES string of the molecule is CCOP(=O)(OCC)C(CN1CCCC(C)C1)P(=O)(OCC)OCC. The van der Waals surface area contributed by atoms with Crippen molar-refractivity contribution in [2.75, 3.05) is 46.1 Å². The van der Waals surface area contributed by atoms with Crippen LogP contribution >= 0.6 is 15.2 Å². The molecule has 25 heavy (non-hydrogen) atoms. The number of hydrogen-bond donors (Lipinski definition) is 0. The molecule has 1 unspecified atom stereocenters. The van der Waals surface area contributed by atoms with Gasteiger partial charge in [-0.05, 0) is 53.0 Å². The Morgan fingerprint density at radius 2 is 1.36 bits per heavy atom. The molecule has 0 saturated carbocycles. The van der Waals surface area contributed by atoms with Gasteiger partial charge < -0.3 is 23.0 Å². The van der Waals surface area contributed by atoms with E-state index in [0.717, 1.165) is 19.5 Å². The van der Waals surface area contributed by atoms with Crippen LogP contribution in [0.15, 0.2) is 0 Å². The van der Waals surface area contributed by atoms with Crippen LogP contribution in [0.4, 0.5) is 0 Å². The van der Waals surface area contributed by atoms with Crippen LogP contribution in [0.5, 0.6) is 0 Å². The Kier molecular flexibility index (Phi) is 10.4. The number of likely N-dealkylation sites (tertiary alicyclic amines) is 1. The molecule has 0 aromatic heterocycles. The molecule has 0 amide bonds. The standard InChI is InChI=1S/C16H35NO6P2/c1-6-20-24(18,21-7-2)16(25(19,22-8-3)23-9-4)14-17-12-10-11-15(5)13-17/h15-16H,6-14H2,1-5H3. The Morgan fingerprint density at radius 1 is 0.920 bits per heavy atom. The Hall–Kier alpha value is 0.260. The molecule has 1 aliphatic heterocycles. The molecule has 1 heterocycles. The maximum Gasteiger partial charge on any atom is 0.347 e. The highest BCUT2D eigenvalue weighted by Gasteiger charge is 2.51. The lowest BCUT2D eigenvalue weighted by Gasteiger charge is -2.37. The maximum atomic E-state index is 13.5. The third-order valence-corrected chi connectivity index (χ3v) is 10.1. The highest BCUT2D eigenvalue weighted by Crippen LogP contribution is 2.70. The van der Waals surface area contributed by atoms with E-state index in [1.54, 1.807) is 27.7 Å². The first-order valence-corrected chi connectivity index (χ1v) is 12.6. The minimum absolute atomic E-state index is 0.211. The van der Waals surface area contributed by atoms with Crippen LogP contribution in [0.1, 0.15) is 47.5 Å². The van der Waals surface area contributed by atoms with Crippen LogP contribution < -0.4 is 0 Å². The van der Waals surface area contributed by atoms with E-state index in [0.29, 0.717) is 12.5 Å². The Morgan fingerprint density at radius 3 is 1.72 bits per heavy atom. The van der Waals surface area contributed by atoms with Crippen LogP contribution in [-0.2, 0) is 27.2 Å². The lowest BCUT2D eigenvalue weighted by atomic mass is 10.0. The van der Waals surface area contributed by atoms with Crippen molar-refractivity contribution in [2.24, 2.45) is 5.92 Å². The van der Waals surface area contributed by atoms with E-state index < -0.39 is 20.6 Å². The van der Waals surface area contributed by atoms with Gasteiger partial charge in [-0.3, -0.25) is 9.13 Å². The summed E-state index contributed by atoms with van der Waals surface area (Å²) in [7, 11) is -7.30. The van der Waals surface area contributed by atoms with Crippen molar-refractivity contribution in [3.8, 4) is 0 Å². The van der Waals surface area contributed by atoms with Crippen LogP contribution in [-0.4, -0.2) is 56.4 Å². The van der Waals surface area contributed by atoms with Crippen LogP contribution in [0, 0.1) is 5.92 Å². The number of rotatable bonds is 12. The molecule has 9 heteroatoms. The number of nitrogens with zero attached hydrogens (tertiary/aromatic N) is 1. The van der Waals surface area contributed by atoms with Crippen molar-refractivity contribution in [2.45, 2.75) is 52.9 Å². The first kappa shape index (κ1) is 23.3. The highest BCUT2D eigenvalue weighted by atomic mass is 31.2. The molecular formula is C16H35NO6P2. The van der Waals surface area contributed by atoms with E-state index in [4.69, 9.17) is 18.1 Å². The summed E-state index contributed by atoms with van der Waals surface area (Å²) < 4.78 is 49.0. The fraction of sp³-hybridized carbons (Fsp3) is 1.00. The average molecular weight is 399 g/mol. The molecule has 0 bridgehead atoms. The summed E-state index contributed by atoms with van der Waals surface area (Å²) in [5, 5.41) is -0.940. The molecule has 150 valence electrons. The van der Waals surface area contributed by atoms with E-state index in [9.17, 15) is 9.13 Å². The minimum atomic E-state index is -3.65. The van der Waals surface area contributed by atoms with Gasteiger partial charge in [0.1, 0.15) is 0 Å². The Balaban J connectivity index is 3.18. The van der Waals surface area contributed by atoms with Crippen molar-refractivity contribution in [1.82, 2.24) is 4.90 Å². The summed E-state index contributed by atoms with van der Waals surface area (Å²) in [4.78, 5) is 2.17. The second-order valence-electron chi connectivity index (χ2n) is 6.24. The predicted molar refractivity (Wildman–Crippen MR) is 100 cm³/mol. The molecule has 1 saturated heterocycles. The molecule has 0 aromatic carbocycles. The van der Waals surface area contributed by atoms with Crippen molar-refractivity contribution >= 4 is 15.2 Å². The molecule has 1 atom stereocenters. The first-order valence-electron chi connectivity index (χ1n) is 9.35. The molecule has 1 fully saturated rings. The van der Waals surface area contributed by atoms with Gasteiger partial charge in [-0.25, -0.2) is 0 Å². The molecule has 0 aliphatic carbocycles. The third-order valence-electron chi connectivity index (χ3n) is 4.13. The third kappa shape index (κ3) is 6.73. The normalized spacial score (nSPS) is 20.3. The van der Waals surface area contributed by atoms with Crippen molar-refractivity contribution in [1.29, 1.82) is 0 Å². The van der Waals surface area contributed by atoms with Crippen molar-refractivity contribution in [3.05, 3.63) is 0 Å². The maximum absolute atomic E-state index is 13.5. The van der Waals surface area contributed by atoms with Gasteiger partial charge in [0.2, 0.25) is 0 Å². The summed E-state index contributed by atoms with van der Waals surface area (Å²) in [5.74, 6) is 0.548. The van der Waals surface area contributed by atoms with Gasteiger partial charge in [-0.1, -0.05) is 6.92 Å². The molecule has 1 rings (SSSR count). The van der Waals surface area contributed by atoms with Gasteiger partial charge >= 0.3 is 15.2 Å². The molecule has 0 radical (unpaired) electrons. The summed E-state index contributed by atoms with van der Waals surface area (Å²) in [6.45, 7) is 12.1. The first-order chi connectivity index (χ1) is 11.8. The van der Waals surface area contributed by atoms with E-state index in [1.807, 2.05) is 0 Å². The topological polar surface area (TPSA) is 74.3 Å². The van der Waals surface area contributed by atoms with Crippen LogP contribution in [0.25, 0.3) is 0 Å². The quantitative estimate of drug-likeness (QED) is 0.445. The Bertz CT molecular complexity index is 426. The second kappa shape index (κ2) is 11.2. The van der Waals surface area contributed by atoms with Gasteiger partial charge in [0.25, 0.3) is 0 Å².